The number of rotatable bonds is 5. The van der Waals surface area contributed by atoms with Gasteiger partial charge >= 0.3 is 0 Å². The summed E-state index contributed by atoms with van der Waals surface area (Å²) in [4.78, 5) is 0. The van der Waals surface area contributed by atoms with Crippen LogP contribution in [0.5, 0.6) is 0 Å². The van der Waals surface area contributed by atoms with Crippen LogP contribution in [0.4, 0.5) is 0 Å². The molecule has 0 aliphatic rings. The van der Waals surface area contributed by atoms with Crippen molar-refractivity contribution in [1.29, 1.82) is 0 Å². The molecule has 0 atom stereocenters. The molecule has 0 spiro atoms. The van der Waals surface area contributed by atoms with Gasteiger partial charge in [0.25, 0.3) is 0 Å². The van der Waals surface area contributed by atoms with Gasteiger partial charge in [0.05, 0.1) is 0 Å². The summed E-state index contributed by atoms with van der Waals surface area (Å²) in [7, 11) is 0. The first kappa shape index (κ1) is 14.7. The Kier molecular flexibility index (Phi) is 6.48. The van der Waals surface area contributed by atoms with Gasteiger partial charge in [0.2, 0.25) is 0 Å². The van der Waals surface area contributed by atoms with E-state index < -0.39 is 0 Å². The van der Waals surface area contributed by atoms with Crippen molar-refractivity contribution in [3.05, 3.63) is 71.8 Å². The zero-order valence-electron chi connectivity index (χ0n) is 10.5. The fourth-order valence-corrected chi connectivity index (χ4v) is 2.22. The highest BCUT2D eigenvalue weighted by atomic mass is 35.5. The third-order valence-electron chi connectivity index (χ3n) is 3.10. The maximum atomic E-state index is 5.63. The van der Waals surface area contributed by atoms with Crippen LogP contribution in [0.1, 0.15) is 29.9 Å². The fraction of sp³-hybridized carbons (Fsp3) is 0.250. The van der Waals surface area contributed by atoms with E-state index in [4.69, 9.17) is 5.73 Å². The molecule has 0 saturated heterocycles. The lowest BCUT2D eigenvalue weighted by molar-refractivity contribution is 0.669. The van der Waals surface area contributed by atoms with Gasteiger partial charge < -0.3 is 5.73 Å². The first-order valence-corrected chi connectivity index (χ1v) is 6.22. The summed E-state index contributed by atoms with van der Waals surface area (Å²) in [6.45, 7) is 0.760. The number of halogens is 1. The topological polar surface area (TPSA) is 26.0 Å². The quantitative estimate of drug-likeness (QED) is 0.866. The summed E-state index contributed by atoms with van der Waals surface area (Å²) in [6, 6.07) is 21.4. The third-order valence-corrected chi connectivity index (χ3v) is 3.10. The van der Waals surface area contributed by atoms with Crippen molar-refractivity contribution < 1.29 is 0 Å². The molecule has 0 amide bonds. The van der Waals surface area contributed by atoms with E-state index in [0.29, 0.717) is 5.92 Å². The van der Waals surface area contributed by atoms with Gasteiger partial charge in [-0.15, -0.1) is 12.4 Å². The summed E-state index contributed by atoms with van der Waals surface area (Å²) >= 11 is 0. The minimum Gasteiger partial charge on any atom is -0.330 e. The Morgan fingerprint density at radius 2 is 1.22 bits per heavy atom. The van der Waals surface area contributed by atoms with E-state index >= 15 is 0 Å². The summed E-state index contributed by atoms with van der Waals surface area (Å²) in [5.74, 6) is 0.473. The SMILES string of the molecule is Cl.NCCCC(c1ccccc1)c1ccccc1. The van der Waals surface area contributed by atoms with Gasteiger partial charge in [0, 0.05) is 5.92 Å². The van der Waals surface area contributed by atoms with E-state index in [1.807, 2.05) is 0 Å². The Balaban J connectivity index is 0.00000162. The molecule has 0 radical (unpaired) electrons. The molecule has 0 aromatic heterocycles. The van der Waals surface area contributed by atoms with Crippen LogP contribution in [0.25, 0.3) is 0 Å². The van der Waals surface area contributed by atoms with Crippen molar-refractivity contribution in [2.75, 3.05) is 6.54 Å². The Hall–Kier alpha value is -1.31. The average Bonchev–Trinajstić information content (AvgIpc) is 2.42. The van der Waals surface area contributed by atoms with Gasteiger partial charge in [0.1, 0.15) is 0 Å². The van der Waals surface area contributed by atoms with Crippen LogP contribution in [-0.2, 0) is 0 Å². The van der Waals surface area contributed by atoms with Crippen molar-refractivity contribution in [1.82, 2.24) is 0 Å². The van der Waals surface area contributed by atoms with Crippen molar-refractivity contribution >= 4 is 12.4 Å². The van der Waals surface area contributed by atoms with Gasteiger partial charge in [-0.3, -0.25) is 0 Å². The highest BCUT2D eigenvalue weighted by Gasteiger charge is 2.12. The molecule has 0 aliphatic carbocycles. The van der Waals surface area contributed by atoms with E-state index in [2.05, 4.69) is 60.7 Å². The molecule has 2 rings (SSSR count). The largest absolute Gasteiger partial charge is 0.330 e. The lowest BCUT2D eigenvalue weighted by atomic mass is 9.87. The van der Waals surface area contributed by atoms with Gasteiger partial charge in [0.15, 0.2) is 0 Å². The number of benzene rings is 2. The van der Waals surface area contributed by atoms with Crippen LogP contribution in [-0.4, -0.2) is 6.54 Å². The average molecular weight is 262 g/mol. The molecule has 1 nitrogen and oxygen atoms in total. The molecule has 0 bridgehead atoms. The van der Waals surface area contributed by atoms with E-state index in [1.54, 1.807) is 0 Å². The normalized spacial score (nSPS) is 10.1. The zero-order valence-corrected chi connectivity index (χ0v) is 11.3. The molecule has 18 heavy (non-hydrogen) atoms. The second-order valence-electron chi connectivity index (χ2n) is 4.30. The smallest absolute Gasteiger partial charge is 0.00898 e. The summed E-state index contributed by atoms with van der Waals surface area (Å²) in [5, 5.41) is 0. The first-order chi connectivity index (χ1) is 8.42. The fourth-order valence-electron chi connectivity index (χ4n) is 2.22. The van der Waals surface area contributed by atoms with Crippen molar-refractivity contribution in [3.8, 4) is 0 Å². The Labute approximate surface area is 115 Å². The summed E-state index contributed by atoms with van der Waals surface area (Å²) < 4.78 is 0. The Morgan fingerprint density at radius 1 is 0.778 bits per heavy atom. The van der Waals surface area contributed by atoms with Crippen LogP contribution < -0.4 is 5.73 Å². The molecule has 0 fully saturated rings. The van der Waals surface area contributed by atoms with E-state index in [9.17, 15) is 0 Å². The monoisotopic (exact) mass is 261 g/mol. The van der Waals surface area contributed by atoms with Gasteiger partial charge in [-0.2, -0.15) is 0 Å². The predicted octanol–water partition coefficient (Wildman–Crippen LogP) is 3.98. The molecule has 2 aromatic carbocycles. The molecule has 2 N–H and O–H groups in total. The van der Waals surface area contributed by atoms with Crippen LogP contribution in [0, 0.1) is 0 Å². The minimum atomic E-state index is 0. The zero-order chi connectivity index (χ0) is 11.9. The lowest BCUT2D eigenvalue weighted by Gasteiger charge is -2.17. The van der Waals surface area contributed by atoms with Crippen LogP contribution in [0.3, 0.4) is 0 Å². The molecule has 0 aliphatic heterocycles. The maximum Gasteiger partial charge on any atom is 0.00898 e. The number of nitrogens with two attached hydrogens (primary N) is 1. The lowest BCUT2D eigenvalue weighted by Crippen LogP contribution is -2.05. The summed E-state index contributed by atoms with van der Waals surface area (Å²) in [5.41, 5.74) is 8.40. The molecule has 0 unspecified atom stereocenters. The van der Waals surface area contributed by atoms with Crippen molar-refractivity contribution in [2.45, 2.75) is 18.8 Å². The van der Waals surface area contributed by atoms with Crippen molar-refractivity contribution in [3.63, 3.8) is 0 Å². The Bertz CT molecular complexity index is 388. The third kappa shape index (κ3) is 3.86. The van der Waals surface area contributed by atoms with Crippen LogP contribution in [0.2, 0.25) is 0 Å². The molecule has 2 aromatic rings. The highest BCUT2D eigenvalue weighted by molar-refractivity contribution is 5.85. The molecular weight excluding hydrogens is 242 g/mol. The number of hydrogen-bond acceptors (Lipinski definition) is 1. The van der Waals surface area contributed by atoms with Gasteiger partial charge in [-0.1, -0.05) is 60.7 Å². The molecule has 2 heteroatoms. The molecule has 0 saturated carbocycles. The van der Waals surface area contributed by atoms with E-state index in [0.717, 1.165) is 19.4 Å². The summed E-state index contributed by atoms with van der Waals surface area (Å²) in [6.07, 6.45) is 2.18. The minimum absolute atomic E-state index is 0. The molecule has 96 valence electrons. The van der Waals surface area contributed by atoms with Crippen LogP contribution in [0.15, 0.2) is 60.7 Å². The van der Waals surface area contributed by atoms with Gasteiger partial charge in [-0.25, -0.2) is 0 Å². The van der Waals surface area contributed by atoms with Gasteiger partial charge in [-0.05, 0) is 30.5 Å². The molecule has 0 heterocycles. The van der Waals surface area contributed by atoms with E-state index in [-0.39, 0.29) is 12.4 Å². The predicted molar refractivity (Wildman–Crippen MR) is 80.3 cm³/mol. The first-order valence-electron chi connectivity index (χ1n) is 6.22. The Morgan fingerprint density at radius 3 is 1.61 bits per heavy atom. The highest BCUT2D eigenvalue weighted by Crippen LogP contribution is 2.28. The number of hydrogen-bond donors (Lipinski definition) is 1. The van der Waals surface area contributed by atoms with Crippen LogP contribution >= 0.6 is 12.4 Å². The van der Waals surface area contributed by atoms with E-state index in [1.165, 1.54) is 11.1 Å². The molecular formula is C16H20ClN. The maximum absolute atomic E-state index is 5.63. The second kappa shape index (κ2) is 7.91. The van der Waals surface area contributed by atoms with Crippen molar-refractivity contribution in [2.24, 2.45) is 5.73 Å². The second-order valence-corrected chi connectivity index (χ2v) is 4.30. The standard InChI is InChI=1S/C16H19N.ClH/c17-13-7-12-16(14-8-3-1-4-9-14)15-10-5-2-6-11-15;/h1-6,8-11,16H,7,12-13,17H2;1H.